The van der Waals surface area contributed by atoms with Crippen LogP contribution in [0.15, 0.2) is 23.4 Å². The summed E-state index contributed by atoms with van der Waals surface area (Å²) in [7, 11) is 3.15. The third-order valence-electron chi connectivity index (χ3n) is 5.32. The SMILES string of the molecule is COC(=O)c1c(NC(=O)CSc2nnc(COc3ccc(Cl)cc3Cl)n2C)sc2c1CCCC2. The number of aryl methyl sites for hydroxylation is 1. The molecular weight excluding hydrogens is 519 g/mol. The van der Waals surface area contributed by atoms with Crippen LogP contribution in [0.4, 0.5) is 5.00 Å². The number of nitrogens with zero attached hydrogens (tertiary/aromatic N) is 3. The molecule has 1 N–H and O–H groups in total. The molecule has 3 aromatic rings. The third kappa shape index (κ3) is 5.51. The predicted molar refractivity (Wildman–Crippen MR) is 133 cm³/mol. The van der Waals surface area contributed by atoms with Crippen LogP contribution in [0, 0.1) is 0 Å². The molecule has 8 nitrogen and oxygen atoms in total. The van der Waals surface area contributed by atoms with Crippen molar-refractivity contribution < 1.29 is 19.1 Å². The Labute approximate surface area is 214 Å². The summed E-state index contributed by atoms with van der Waals surface area (Å²) >= 11 is 14.7. The molecule has 1 aliphatic rings. The first-order valence-corrected chi connectivity index (χ1v) is 13.0. The molecule has 1 amide bonds. The highest BCUT2D eigenvalue weighted by atomic mass is 35.5. The van der Waals surface area contributed by atoms with E-state index in [2.05, 4.69) is 15.5 Å². The number of aromatic nitrogens is 3. The van der Waals surface area contributed by atoms with Gasteiger partial charge in [0.15, 0.2) is 11.0 Å². The minimum atomic E-state index is -0.416. The van der Waals surface area contributed by atoms with Gasteiger partial charge in [-0.1, -0.05) is 35.0 Å². The van der Waals surface area contributed by atoms with Gasteiger partial charge in [0.05, 0.1) is 23.4 Å². The average Bonchev–Trinajstić information content (AvgIpc) is 3.36. The minimum Gasteiger partial charge on any atom is -0.484 e. The molecule has 12 heteroatoms. The summed E-state index contributed by atoms with van der Waals surface area (Å²) in [6.07, 6.45) is 3.85. The van der Waals surface area contributed by atoms with Crippen molar-refractivity contribution in [1.82, 2.24) is 14.8 Å². The summed E-state index contributed by atoms with van der Waals surface area (Å²) < 4.78 is 12.4. The molecule has 180 valence electrons. The van der Waals surface area contributed by atoms with Crippen molar-refractivity contribution in [1.29, 1.82) is 0 Å². The summed E-state index contributed by atoms with van der Waals surface area (Å²) in [5.41, 5.74) is 1.49. The number of thioether (sulfide) groups is 1. The number of nitrogens with one attached hydrogen (secondary N) is 1. The van der Waals surface area contributed by atoms with Gasteiger partial charge in [0, 0.05) is 16.9 Å². The second-order valence-electron chi connectivity index (χ2n) is 7.56. The Balaban J connectivity index is 1.37. The van der Waals surface area contributed by atoms with E-state index in [0.717, 1.165) is 36.1 Å². The number of carbonyl (C=O) groups is 2. The topological polar surface area (TPSA) is 95.3 Å². The molecule has 0 bridgehead atoms. The Bertz CT molecular complexity index is 1230. The smallest absolute Gasteiger partial charge is 0.341 e. The number of benzene rings is 1. The van der Waals surface area contributed by atoms with Gasteiger partial charge >= 0.3 is 5.97 Å². The molecule has 2 heterocycles. The number of amides is 1. The summed E-state index contributed by atoms with van der Waals surface area (Å²) in [6.45, 7) is 0.154. The maximum absolute atomic E-state index is 12.7. The van der Waals surface area contributed by atoms with Crippen LogP contribution in [0.25, 0.3) is 0 Å². The zero-order chi connectivity index (χ0) is 24.2. The highest BCUT2D eigenvalue weighted by Gasteiger charge is 2.27. The first-order valence-electron chi connectivity index (χ1n) is 10.5. The van der Waals surface area contributed by atoms with Crippen LogP contribution in [0.5, 0.6) is 5.75 Å². The largest absolute Gasteiger partial charge is 0.484 e. The number of carbonyl (C=O) groups excluding carboxylic acids is 2. The van der Waals surface area contributed by atoms with Gasteiger partial charge < -0.3 is 19.4 Å². The lowest BCUT2D eigenvalue weighted by Gasteiger charge is -2.11. The number of thiophene rings is 1. The molecule has 0 saturated heterocycles. The van der Waals surface area contributed by atoms with Crippen LogP contribution < -0.4 is 10.1 Å². The Kier molecular flexibility index (Phi) is 8.02. The third-order valence-corrected chi connectivity index (χ3v) is 8.08. The lowest BCUT2D eigenvalue weighted by Crippen LogP contribution is -2.17. The van der Waals surface area contributed by atoms with Gasteiger partial charge in [0.1, 0.15) is 17.4 Å². The van der Waals surface area contributed by atoms with Crippen molar-refractivity contribution in [2.24, 2.45) is 7.05 Å². The number of esters is 1. The van der Waals surface area contributed by atoms with E-state index in [-0.39, 0.29) is 18.3 Å². The maximum Gasteiger partial charge on any atom is 0.341 e. The molecule has 0 aliphatic heterocycles. The molecule has 0 spiro atoms. The standard InChI is InChI=1S/C22H22Cl2N4O4S2/c1-28-17(10-32-15-8-7-12(23)9-14(15)24)26-27-22(28)33-11-18(29)25-20-19(21(30)31-2)13-5-3-4-6-16(13)34-20/h7-9H,3-6,10-11H2,1-2H3,(H,25,29). The minimum absolute atomic E-state index is 0.110. The van der Waals surface area contributed by atoms with Crippen molar-refractivity contribution in [2.45, 2.75) is 37.4 Å². The molecular formula is C22H22Cl2N4O4S2. The van der Waals surface area contributed by atoms with E-state index in [0.29, 0.717) is 37.3 Å². The van der Waals surface area contributed by atoms with Gasteiger partial charge in [-0.25, -0.2) is 4.79 Å². The normalized spacial score (nSPS) is 12.8. The van der Waals surface area contributed by atoms with Crippen LogP contribution in [-0.4, -0.2) is 39.5 Å². The Morgan fingerprint density at radius 3 is 2.79 bits per heavy atom. The number of hydrogen-bond donors (Lipinski definition) is 1. The van der Waals surface area contributed by atoms with E-state index in [9.17, 15) is 9.59 Å². The number of anilines is 1. The second kappa shape index (κ2) is 11.0. The lowest BCUT2D eigenvalue weighted by molar-refractivity contribution is -0.113. The van der Waals surface area contributed by atoms with Crippen molar-refractivity contribution in [2.75, 3.05) is 18.2 Å². The molecule has 0 saturated carbocycles. The molecule has 0 atom stereocenters. The molecule has 0 fully saturated rings. The molecule has 4 rings (SSSR count). The van der Waals surface area contributed by atoms with E-state index >= 15 is 0 Å². The monoisotopic (exact) mass is 540 g/mol. The summed E-state index contributed by atoms with van der Waals surface area (Å²) in [4.78, 5) is 26.2. The Morgan fingerprint density at radius 2 is 2.03 bits per heavy atom. The van der Waals surface area contributed by atoms with Crippen LogP contribution in [-0.2, 0) is 36.0 Å². The first kappa shape index (κ1) is 24.8. The molecule has 1 aromatic carbocycles. The van der Waals surface area contributed by atoms with Crippen LogP contribution in [0.3, 0.4) is 0 Å². The summed E-state index contributed by atoms with van der Waals surface area (Å²) in [5.74, 6) is 0.526. The van der Waals surface area contributed by atoms with Crippen molar-refractivity contribution in [3.63, 3.8) is 0 Å². The molecule has 1 aliphatic carbocycles. The van der Waals surface area contributed by atoms with Crippen molar-refractivity contribution in [3.8, 4) is 5.75 Å². The molecule has 2 aromatic heterocycles. The highest BCUT2D eigenvalue weighted by molar-refractivity contribution is 7.99. The fourth-order valence-corrected chi connectivity index (χ4v) is 6.08. The van der Waals surface area contributed by atoms with Gasteiger partial charge in [-0.2, -0.15) is 0 Å². The Hall–Kier alpha value is -2.27. The second-order valence-corrected chi connectivity index (χ2v) is 10.5. The zero-order valence-electron chi connectivity index (χ0n) is 18.5. The summed E-state index contributed by atoms with van der Waals surface area (Å²) in [6, 6.07) is 4.98. The van der Waals surface area contributed by atoms with E-state index in [4.69, 9.17) is 32.7 Å². The fourth-order valence-electron chi connectivity index (χ4n) is 3.60. The van der Waals surface area contributed by atoms with E-state index in [1.807, 2.05) is 0 Å². The molecule has 0 unspecified atom stereocenters. The quantitative estimate of drug-likeness (QED) is 0.311. The van der Waals surface area contributed by atoms with Crippen LogP contribution in [0.1, 0.15) is 39.5 Å². The van der Waals surface area contributed by atoms with Gasteiger partial charge in [-0.15, -0.1) is 21.5 Å². The highest BCUT2D eigenvalue weighted by Crippen LogP contribution is 2.38. The zero-order valence-corrected chi connectivity index (χ0v) is 21.7. The Morgan fingerprint density at radius 1 is 1.24 bits per heavy atom. The van der Waals surface area contributed by atoms with E-state index < -0.39 is 5.97 Å². The van der Waals surface area contributed by atoms with Gasteiger partial charge in [-0.3, -0.25) is 4.79 Å². The predicted octanol–water partition coefficient (Wildman–Crippen LogP) is 5.16. The van der Waals surface area contributed by atoms with Crippen LogP contribution >= 0.6 is 46.3 Å². The van der Waals surface area contributed by atoms with Crippen molar-refractivity contribution in [3.05, 3.63) is 50.1 Å². The number of rotatable bonds is 8. The first-order chi connectivity index (χ1) is 16.4. The number of hydrogen-bond acceptors (Lipinski definition) is 8. The number of methoxy groups -OCH3 is 1. The molecule has 34 heavy (non-hydrogen) atoms. The summed E-state index contributed by atoms with van der Waals surface area (Å²) in [5, 5.41) is 13.2. The average molecular weight is 541 g/mol. The maximum atomic E-state index is 12.7. The lowest BCUT2D eigenvalue weighted by atomic mass is 9.95. The van der Waals surface area contributed by atoms with E-state index in [1.54, 1.807) is 29.8 Å². The van der Waals surface area contributed by atoms with Crippen LogP contribution in [0.2, 0.25) is 10.0 Å². The number of halogens is 2. The van der Waals surface area contributed by atoms with Crippen molar-refractivity contribution >= 4 is 63.2 Å². The van der Waals surface area contributed by atoms with Gasteiger partial charge in [0.25, 0.3) is 0 Å². The number of fused-ring (bicyclic) bond motifs is 1. The van der Waals surface area contributed by atoms with Gasteiger partial charge in [0.2, 0.25) is 5.91 Å². The molecule has 0 radical (unpaired) electrons. The van der Waals surface area contributed by atoms with E-state index in [1.165, 1.54) is 30.2 Å². The van der Waals surface area contributed by atoms with Gasteiger partial charge in [-0.05, 0) is 49.4 Å². The fraction of sp³-hybridized carbons (Fsp3) is 0.364. The number of ether oxygens (including phenoxy) is 2.